The molecule has 1 unspecified atom stereocenters. The molecule has 1 aromatic carbocycles. The number of carbonyl (C=O) groups excluding carboxylic acids is 4. The van der Waals surface area contributed by atoms with E-state index >= 15 is 0 Å². The van der Waals surface area contributed by atoms with Gasteiger partial charge in [0.05, 0.1) is 17.2 Å². The molecule has 2 N–H and O–H groups in total. The smallest absolute Gasteiger partial charge is 0.416 e. The Morgan fingerprint density at radius 3 is 2.38 bits per heavy atom. The maximum Gasteiger partial charge on any atom is 0.416 e. The van der Waals surface area contributed by atoms with Gasteiger partial charge in [-0.05, 0) is 30.5 Å². The van der Waals surface area contributed by atoms with Gasteiger partial charge in [0.2, 0.25) is 5.91 Å². The molecule has 1 heterocycles. The van der Waals surface area contributed by atoms with Crippen molar-refractivity contribution in [2.45, 2.75) is 18.6 Å². The summed E-state index contributed by atoms with van der Waals surface area (Å²) in [4.78, 5) is 48.8. The van der Waals surface area contributed by atoms with Gasteiger partial charge in [0.1, 0.15) is 19.1 Å². The first-order chi connectivity index (χ1) is 16.0. The van der Waals surface area contributed by atoms with Crippen LogP contribution in [0.15, 0.2) is 43.5 Å². The van der Waals surface area contributed by atoms with Crippen molar-refractivity contribution in [3.63, 3.8) is 0 Å². The molecule has 34 heavy (non-hydrogen) atoms. The number of esters is 2. The van der Waals surface area contributed by atoms with Gasteiger partial charge in [-0.1, -0.05) is 25.3 Å². The first-order valence-corrected chi connectivity index (χ1v) is 10.5. The van der Waals surface area contributed by atoms with Crippen LogP contribution in [0.1, 0.15) is 22.3 Å². The summed E-state index contributed by atoms with van der Waals surface area (Å²) in [5.41, 5.74) is -1.84. The first kappa shape index (κ1) is 27.1. The van der Waals surface area contributed by atoms with Crippen LogP contribution in [0.4, 0.5) is 18.9 Å². The number of thiol groups is 1. The molecule has 0 radical (unpaired) electrons. The van der Waals surface area contributed by atoms with E-state index in [2.05, 4.69) is 36.4 Å². The van der Waals surface area contributed by atoms with E-state index in [1.807, 2.05) is 0 Å². The molecule has 0 bridgehead atoms. The standard InChI is InChI=1S/C22H23F3N2O6S/c1-3-5-32-19(29)12-7-14(22(23,24)25)10-15(8-12)27-18(28)16-9-13(11-26-16)17(21(31)34)20(30)33-6-4-2/h3-4,7-8,10,13,16-17,26H,1-2,5-6,9,11H2,(H,27,28)(H,31,34)/t13-,16+,17?/m1/s1. The van der Waals surface area contributed by atoms with E-state index in [0.29, 0.717) is 12.1 Å². The number of amides is 1. The number of anilines is 1. The highest BCUT2D eigenvalue weighted by Crippen LogP contribution is 2.33. The lowest BCUT2D eigenvalue weighted by Gasteiger charge is -2.18. The Morgan fingerprint density at radius 1 is 1.15 bits per heavy atom. The molecule has 12 heteroatoms. The minimum absolute atomic E-state index is 0.0270. The molecule has 1 fully saturated rings. The molecule has 2 rings (SSSR count). The Labute approximate surface area is 199 Å². The molecule has 1 saturated heterocycles. The second-order valence-corrected chi connectivity index (χ2v) is 7.81. The lowest BCUT2D eigenvalue weighted by Crippen LogP contribution is -2.35. The summed E-state index contributed by atoms with van der Waals surface area (Å²) >= 11 is 3.73. The van der Waals surface area contributed by atoms with Crippen molar-refractivity contribution < 1.29 is 41.8 Å². The summed E-state index contributed by atoms with van der Waals surface area (Å²) in [6.07, 6.45) is -2.17. The fourth-order valence-corrected chi connectivity index (χ4v) is 3.69. The molecule has 1 amide bonds. The molecule has 184 valence electrons. The van der Waals surface area contributed by atoms with Gasteiger partial charge < -0.3 is 20.1 Å². The number of ether oxygens (including phenoxy) is 2. The third kappa shape index (κ3) is 7.19. The van der Waals surface area contributed by atoms with Crippen LogP contribution in [-0.2, 0) is 30.0 Å². The van der Waals surface area contributed by atoms with Crippen LogP contribution in [0, 0.1) is 11.8 Å². The lowest BCUT2D eigenvalue weighted by molar-refractivity contribution is -0.151. The van der Waals surface area contributed by atoms with E-state index in [4.69, 9.17) is 9.47 Å². The fraction of sp³-hybridized carbons (Fsp3) is 0.364. The number of nitrogens with one attached hydrogen (secondary N) is 2. The Bertz CT molecular complexity index is 982. The summed E-state index contributed by atoms with van der Waals surface area (Å²) in [7, 11) is 0. The van der Waals surface area contributed by atoms with Crippen LogP contribution in [0.2, 0.25) is 0 Å². The molecular formula is C22H23F3N2O6S. The lowest BCUT2D eigenvalue weighted by atomic mass is 9.90. The first-order valence-electron chi connectivity index (χ1n) is 10.0. The molecule has 3 atom stereocenters. The number of halogens is 3. The topological polar surface area (TPSA) is 111 Å². The Morgan fingerprint density at radius 2 is 1.79 bits per heavy atom. The van der Waals surface area contributed by atoms with Crippen molar-refractivity contribution in [1.82, 2.24) is 5.32 Å². The molecule has 0 spiro atoms. The molecule has 1 aromatic rings. The fourth-order valence-electron chi connectivity index (χ4n) is 3.37. The average molecular weight is 500 g/mol. The van der Waals surface area contributed by atoms with Gasteiger partial charge in [0.15, 0.2) is 5.12 Å². The van der Waals surface area contributed by atoms with E-state index in [1.54, 1.807) is 0 Å². The molecule has 0 aromatic heterocycles. The molecular weight excluding hydrogens is 477 g/mol. The van der Waals surface area contributed by atoms with Crippen molar-refractivity contribution in [3.8, 4) is 0 Å². The van der Waals surface area contributed by atoms with E-state index < -0.39 is 58.1 Å². The van der Waals surface area contributed by atoms with Crippen molar-refractivity contribution in [2.75, 3.05) is 25.1 Å². The van der Waals surface area contributed by atoms with Crippen LogP contribution in [0.25, 0.3) is 0 Å². The molecule has 8 nitrogen and oxygen atoms in total. The van der Waals surface area contributed by atoms with E-state index in [9.17, 15) is 32.3 Å². The summed E-state index contributed by atoms with van der Waals surface area (Å²) in [6, 6.07) is 1.43. The van der Waals surface area contributed by atoms with Gasteiger partial charge in [-0.2, -0.15) is 13.2 Å². The Balaban J connectivity index is 2.17. The predicted molar refractivity (Wildman–Crippen MR) is 119 cm³/mol. The normalized spacial score (nSPS) is 18.5. The minimum Gasteiger partial charge on any atom is -0.461 e. The monoisotopic (exact) mass is 500 g/mol. The largest absolute Gasteiger partial charge is 0.461 e. The SMILES string of the molecule is C=CCOC(=O)c1cc(NC(=O)[C@@H]2C[C@@H](C(C(=O)S)C(=O)OCC=C)CN2)cc(C(F)(F)F)c1. The third-order valence-corrected chi connectivity index (χ3v) is 5.19. The summed E-state index contributed by atoms with van der Waals surface area (Å²) in [5.74, 6) is -4.39. The van der Waals surface area contributed by atoms with Gasteiger partial charge in [0.25, 0.3) is 0 Å². The zero-order chi connectivity index (χ0) is 25.5. The highest BCUT2D eigenvalue weighted by molar-refractivity contribution is 7.96. The number of hydrogen-bond donors (Lipinski definition) is 3. The minimum atomic E-state index is -4.78. The second kappa shape index (κ2) is 11.8. The maximum absolute atomic E-state index is 13.3. The van der Waals surface area contributed by atoms with Crippen LogP contribution >= 0.6 is 12.6 Å². The van der Waals surface area contributed by atoms with Gasteiger partial charge in [-0.15, -0.1) is 12.6 Å². The quantitative estimate of drug-likeness (QED) is 0.196. The maximum atomic E-state index is 13.3. The van der Waals surface area contributed by atoms with Gasteiger partial charge in [-0.3, -0.25) is 14.4 Å². The Hall–Kier alpha value is -3.12. The zero-order valence-corrected chi connectivity index (χ0v) is 18.8. The third-order valence-electron chi connectivity index (χ3n) is 4.91. The van der Waals surface area contributed by atoms with Crippen molar-refractivity contribution in [3.05, 3.63) is 54.6 Å². The number of rotatable bonds is 10. The number of carbonyl (C=O) groups is 4. The summed E-state index contributed by atoms with van der Waals surface area (Å²) in [5, 5.41) is 4.44. The van der Waals surface area contributed by atoms with Crippen molar-refractivity contribution >= 4 is 41.3 Å². The highest BCUT2D eigenvalue weighted by Gasteiger charge is 2.41. The highest BCUT2D eigenvalue weighted by atomic mass is 32.1. The number of alkyl halides is 3. The molecule has 0 saturated carbocycles. The molecule has 0 aliphatic carbocycles. The molecule has 1 aliphatic rings. The van der Waals surface area contributed by atoms with Gasteiger partial charge in [-0.25, -0.2) is 4.79 Å². The predicted octanol–water partition coefficient (Wildman–Crippen LogP) is 2.77. The van der Waals surface area contributed by atoms with Crippen molar-refractivity contribution in [1.29, 1.82) is 0 Å². The van der Waals surface area contributed by atoms with Crippen LogP contribution in [0.5, 0.6) is 0 Å². The van der Waals surface area contributed by atoms with Gasteiger partial charge >= 0.3 is 18.1 Å². The number of benzene rings is 1. The Kier molecular flexibility index (Phi) is 9.45. The summed E-state index contributed by atoms with van der Waals surface area (Å²) in [6.45, 7) is 6.56. The van der Waals surface area contributed by atoms with E-state index in [0.717, 1.165) is 6.07 Å². The zero-order valence-electron chi connectivity index (χ0n) is 17.9. The van der Waals surface area contributed by atoms with Crippen LogP contribution in [-0.4, -0.2) is 48.8 Å². The number of hydrogen-bond acceptors (Lipinski definition) is 7. The molecule has 1 aliphatic heterocycles. The van der Waals surface area contributed by atoms with E-state index in [-0.39, 0.29) is 31.9 Å². The van der Waals surface area contributed by atoms with Crippen LogP contribution in [0.3, 0.4) is 0 Å². The second-order valence-electron chi connectivity index (χ2n) is 7.36. The summed E-state index contributed by atoms with van der Waals surface area (Å²) < 4.78 is 49.6. The van der Waals surface area contributed by atoms with E-state index in [1.165, 1.54) is 12.2 Å². The van der Waals surface area contributed by atoms with Crippen LogP contribution < -0.4 is 10.6 Å². The van der Waals surface area contributed by atoms with Crippen molar-refractivity contribution in [2.24, 2.45) is 11.8 Å². The van der Waals surface area contributed by atoms with Gasteiger partial charge in [0, 0.05) is 12.2 Å². The average Bonchev–Trinajstić information content (AvgIpc) is 3.24.